The first-order valence-corrected chi connectivity index (χ1v) is 10.7. The Hall–Kier alpha value is -2.50. The maximum Gasteiger partial charge on any atom is 0.267 e. The van der Waals surface area contributed by atoms with Crippen LogP contribution >= 0.6 is 0 Å². The number of carbonyl (C=O) groups excluding carboxylic acids is 1. The summed E-state index contributed by atoms with van der Waals surface area (Å²) in [6.45, 7) is 0. The summed E-state index contributed by atoms with van der Waals surface area (Å²) in [6, 6.07) is 8.32. The monoisotopic (exact) mass is 395 g/mol. The van der Waals surface area contributed by atoms with Gasteiger partial charge >= 0.3 is 0 Å². The van der Waals surface area contributed by atoms with Crippen molar-refractivity contribution in [2.45, 2.75) is 75.3 Å². The molecule has 1 aromatic heterocycles. The molecule has 5 nitrogen and oxygen atoms in total. The molecule has 6 heteroatoms. The third-order valence-corrected chi connectivity index (χ3v) is 6.94. The van der Waals surface area contributed by atoms with E-state index in [4.69, 9.17) is 0 Å². The molecular weight excluding hydrogens is 369 g/mol. The van der Waals surface area contributed by atoms with Crippen LogP contribution in [0.4, 0.5) is 4.39 Å². The molecule has 1 aromatic carbocycles. The summed E-state index contributed by atoms with van der Waals surface area (Å²) in [5, 5.41) is 7.87. The zero-order valence-corrected chi connectivity index (χ0v) is 16.5. The molecule has 152 valence electrons. The van der Waals surface area contributed by atoms with Crippen LogP contribution in [-0.2, 0) is 23.1 Å². The molecule has 29 heavy (non-hydrogen) atoms. The number of aromatic nitrogens is 2. The van der Waals surface area contributed by atoms with Crippen LogP contribution in [0.2, 0.25) is 0 Å². The highest BCUT2D eigenvalue weighted by Crippen LogP contribution is 2.48. The smallest absolute Gasteiger partial charge is 0.267 e. The van der Waals surface area contributed by atoms with Gasteiger partial charge in [0.15, 0.2) is 0 Å². The molecule has 0 atom stereocenters. The quantitative estimate of drug-likeness (QED) is 0.865. The van der Waals surface area contributed by atoms with Gasteiger partial charge in [0, 0.05) is 12.1 Å². The summed E-state index contributed by atoms with van der Waals surface area (Å²) in [4.78, 5) is 25.4. The van der Waals surface area contributed by atoms with Gasteiger partial charge in [-0.25, -0.2) is 9.07 Å². The van der Waals surface area contributed by atoms with Crippen molar-refractivity contribution in [2.24, 2.45) is 0 Å². The lowest BCUT2D eigenvalue weighted by Crippen LogP contribution is -2.44. The largest absolute Gasteiger partial charge is 0.353 e. The number of hydrogen-bond acceptors (Lipinski definition) is 3. The van der Waals surface area contributed by atoms with Crippen molar-refractivity contribution in [3.63, 3.8) is 0 Å². The third-order valence-electron chi connectivity index (χ3n) is 6.94. The molecule has 1 heterocycles. The number of nitrogens with one attached hydrogen (secondary N) is 1. The van der Waals surface area contributed by atoms with Crippen LogP contribution in [0.5, 0.6) is 0 Å². The first-order valence-electron chi connectivity index (χ1n) is 10.7. The molecular formula is C23H26FN3O2. The predicted molar refractivity (Wildman–Crippen MR) is 107 cm³/mol. The molecule has 0 radical (unpaired) electrons. The molecule has 0 spiro atoms. The number of rotatable bonds is 4. The molecule has 2 aromatic rings. The number of benzene rings is 1. The minimum Gasteiger partial charge on any atom is -0.353 e. The number of nitrogens with zero attached hydrogens (tertiary/aromatic N) is 2. The molecule has 0 bridgehead atoms. The van der Waals surface area contributed by atoms with Crippen LogP contribution in [0.25, 0.3) is 0 Å². The summed E-state index contributed by atoms with van der Waals surface area (Å²) >= 11 is 0. The second kappa shape index (κ2) is 7.08. The summed E-state index contributed by atoms with van der Waals surface area (Å²) in [5.74, 6) is -0.223. The van der Waals surface area contributed by atoms with E-state index in [1.807, 2.05) is 0 Å². The van der Waals surface area contributed by atoms with E-state index in [1.165, 1.54) is 12.1 Å². The zero-order chi connectivity index (χ0) is 20.0. The Kier molecular flexibility index (Phi) is 4.52. The molecule has 2 saturated carbocycles. The predicted octanol–water partition coefficient (Wildman–Crippen LogP) is 3.20. The van der Waals surface area contributed by atoms with Crippen LogP contribution in [-0.4, -0.2) is 21.7 Å². The number of carbonyl (C=O) groups is 1. The lowest BCUT2D eigenvalue weighted by atomic mass is 9.89. The van der Waals surface area contributed by atoms with Crippen LogP contribution in [0, 0.1) is 5.82 Å². The standard InChI is InChI=1S/C23H26FN3O2/c24-17-6-4-16(5-7-17)23(12-13-23)22(29)25-18-8-10-19(11-9-18)27-21(28)14-15-2-1-3-20(15)26-27/h4-7,14,18-19H,1-3,8-13H2,(H,25,29). The van der Waals surface area contributed by atoms with E-state index in [1.54, 1.807) is 22.9 Å². The van der Waals surface area contributed by atoms with E-state index >= 15 is 0 Å². The van der Waals surface area contributed by atoms with Gasteiger partial charge < -0.3 is 5.32 Å². The van der Waals surface area contributed by atoms with E-state index in [0.717, 1.165) is 74.6 Å². The topological polar surface area (TPSA) is 64.0 Å². The van der Waals surface area contributed by atoms with Crippen molar-refractivity contribution in [2.75, 3.05) is 0 Å². The van der Waals surface area contributed by atoms with E-state index in [2.05, 4.69) is 10.4 Å². The van der Waals surface area contributed by atoms with Gasteiger partial charge in [-0.3, -0.25) is 9.59 Å². The average Bonchev–Trinajstić information content (AvgIpc) is 3.41. The van der Waals surface area contributed by atoms with Gasteiger partial charge in [-0.05, 0) is 81.0 Å². The number of amides is 1. The summed E-state index contributed by atoms with van der Waals surface area (Å²) < 4.78 is 14.9. The molecule has 0 saturated heterocycles. The molecule has 3 aliphatic carbocycles. The van der Waals surface area contributed by atoms with Crippen molar-refractivity contribution in [1.82, 2.24) is 15.1 Å². The molecule has 0 unspecified atom stereocenters. The number of fused-ring (bicyclic) bond motifs is 1. The molecule has 3 aliphatic rings. The van der Waals surface area contributed by atoms with E-state index in [0.29, 0.717) is 0 Å². The Balaban J connectivity index is 1.22. The lowest BCUT2D eigenvalue weighted by molar-refractivity contribution is -0.124. The minimum atomic E-state index is -0.483. The Morgan fingerprint density at radius 3 is 2.52 bits per heavy atom. The fourth-order valence-corrected chi connectivity index (χ4v) is 5.01. The number of aryl methyl sites for hydroxylation is 2. The average molecular weight is 395 g/mol. The van der Waals surface area contributed by atoms with E-state index in [-0.39, 0.29) is 29.4 Å². The molecule has 1 amide bonds. The molecule has 2 fully saturated rings. The second-order valence-corrected chi connectivity index (χ2v) is 8.82. The maximum absolute atomic E-state index is 13.2. The molecule has 1 N–H and O–H groups in total. The summed E-state index contributed by atoms with van der Waals surface area (Å²) in [6.07, 6.45) is 8.03. The molecule has 5 rings (SSSR count). The Labute approximate surface area is 169 Å². The Morgan fingerprint density at radius 2 is 1.83 bits per heavy atom. The SMILES string of the molecule is O=C(NC1CCC(n2nc3c(cc2=O)CCC3)CC1)C1(c2ccc(F)cc2)CC1. The van der Waals surface area contributed by atoms with Crippen molar-refractivity contribution in [1.29, 1.82) is 0 Å². The minimum absolute atomic E-state index is 0.00591. The van der Waals surface area contributed by atoms with Crippen LogP contribution in [0.15, 0.2) is 35.1 Å². The first kappa shape index (κ1) is 18.5. The van der Waals surface area contributed by atoms with Crippen LogP contribution < -0.4 is 10.9 Å². The van der Waals surface area contributed by atoms with Gasteiger partial charge in [0.2, 0.25) is 5.91 Å². The molecule has 0 aliphatic heterocycles. The zero-order valence-electron chi connectivity index (χ0n) is 16.5. The normalized spacial score (nSPS) is 24.7. The van der Waals surface area contributed by atoms with Crippen molar-refractivity contribution in [3.8, 4) is 0 Å². The highest BCUT2D eigenvalue weighted by Gasteiger charge is 2.51. The van der Waals surface area contributed by atoms with Gasteiger partial charge in [0.25, 0.3) is 5.56 Å². The fraction of sp³-hybridized carbons (Fsp3) is 0.522. The Morgan fingerprint density at radius 1 is 1.10 bits per heavy atom. The summed E-state index contributed by atoms with van der Waals surface area (Å²) in [5.41, 5.74) is 2.62. The first-order chi connectivity index (χ1) is 14.0. The van der Waals surface area contributed by atoms with Crippen molar-refractivity contribution >= 4 is 5.91 Å². The number of hydrogen-bond donors (Lipinski definition) is 1. The lowest BCUT2D eigenvalue weighted by Gasteiger charge is -2.31. The van der Waals surface area contributed by atoms with E-state index < -0.39 is 5.41 Å². The van der Waals surface area contributed by atoms with Gasteiger partial charge in [-0.2, -0.15) is 5.10 Å². The summed E-state index contributed by atoms with van der Waals surface area (Å²) in [7, 11) is 0. The second-order valence-electron chi connectivity index (χ2n) is 8.82. The van der Waals surface area contributed by atoms with Crippen molar-refractivity contribution in [3.05, 3.63) is 63.3 Å². The van der Waals surface area contributed by atoms with Crippen molar-refractivity contribution < 1.29 is 9.18 Å². The fourth-order valence-electron chi connectivity index (χ4n) is 5.01. The highest BCUT2D eigenvalue weighted by atomic mass is 19.1. The highest BCUT2D eigenvalue weighted by molar-refractivity contribution is 5.91. The maximum atomic E-state index is 13.2. The van der Waals surface area contributed by atoms with E-state index in [9.17, 15) is 14.0 Å². The third kappa shape index (κ3) is 3.38. The van der Waals surface area contributed by atoms with Gasteiger partial charge in [0.05, 0.1) is 17.2 Å². The van der Waals surface area contributed by atoms with Crippen LogP contribution in [0.3, 0.4) is 0 Å². The van der Waals surface area contributed by atoms with Gasteiger partial charge in [0.1, 0.15) is 5.82 Å². The Bertz CT molecular complexity index is 986. The van der Waals surface area contributed by atoms with Gasteiger partial charge in [-0.15, -0.1) is 0 Å². The number of halogens is 1. The van der Waals surface area contributed by atoms with Crippen LogP contribution in [0.1, 0.15) is 67.8 Å². The van der Waals surface area contributed by atoms with Gasteiger partial charge in [-0.1, -0.05) is 12.1 Å².